The fourth-order valence-electron chi connectivity index (χ4n) is 2.96. The molecule has 2 aromatic heterocycles. The van der Waals surface area contributed by atoms with Crippen molar-refractivity contribution in [3.05, 3.63) is 59.0 Å². The van der Waals surface area contributed by atoms with Gasteiger partial charge in [-0.2, -0.15) is 4.68 Å². The molecule has 0 bridgehead atoms. The molecule has 2 aromatic carbocycles. The van der Waals surface area contributed by atoms with E-state index in [4.69, 9.17) is 15.5 Å². The molecule has 0 radical (unpaired) electrons. The lowest BCUT2D eigenvalue weighted by Crippen LogP contribution is -2.02. The molecule has 7 heteroatoms. The van der Waals surface area contributed by atoms with Crippen molar-refractivity contribution in [1.82, 2.24) is 20.0 Å². The molecule has 4 aromatic rings. The lowest BCUT2D eigenvalue weighted by Gasteiger charge is -2.04. The third-order valence-electron chi connectivity index (χ3n) is 4.39. The second kappa shape index (κ2) is 6.85. The highest BCUT2D eigenvalue weighted by atomic mass is 32.1. The van der Waals surface area contributed by atoms with Gasteiger partial charge in [0.1, 0.15) is 10.8 Å². The molecule has 0 spiro atoms. The van der Waals surface area contributed by atoms with Crippen molar-refractivity contribution in [3.8, 4) is 33.4 Å². The maximum atomic E-state index is 6.31. The summed E-state index contributed by atoms with van der Waals surface area (Å²) in [6, 6.07) is 13.8. The number of thiazole rings is 1. The molecular weight excluding hydrogens is 358 g/mol. The molecular formula is C20H19N5OS. The van der Waals surface area contributed by atoms with Gasteiger partial charge in [-0.1, -0.05) is 29.0 Å². The van der Waals surface area contributed by atoms with E-state index in [0.717, 1.165) is 27.7 Å². The lowest BCUT2D eigenvalue weighted by molar-refractivity contribution is 0.414. The van der Waals surface area contributed by atoms with E-state index in [0.29, 0.717) is 11.5 Å². The minimum atomic E-state index is 0.460. The lowest BCUT2D eigenvalue weighted by atomic mass is 10.0. The summed E-state index contributed by atoms with van der Waals surface area (Å²) < 4.78 is 6.79. The first-order valence-electron chi connectivity index (χ1n) is 8.46. The highest BCUT2D eigenvalue weighted by Crippen LogP contribution is 2.33. The highest BCUT2D eigenvalue weighted by Gasteiger charge is 2.17. The van der Waals surface area contributed by atoms with Gasteiger partial charge >= 0.3 is 0 Å². The molecule has 0 amide bonds. The largest absolute Gasteiger partial charge is 0.497 e. The van der Waals surface area contributed by atoms with Crippen LogP contribution in [0.5, 0.6) is 5.75 Å². The van der Waals surface area contributed by atoms with Gasteiger partial charge in [0.15, 0.2) is 11.5 Å². The molecule has 4 rings (SSSR count). The van der Waals surface area contributed by atoms with Crippen LogP contribution in [0.25, 0.3) is 27.6 Å². The molecule has 27 heavy (non-hydrogen) atoms. The number of anilines is 1. The molecule has 0 atom stereocenters. The van der Waals surface area contributed by atoms with Crippen LogP contribution in [0.4, 0.5) is 5.82 Å². The molecule has 0 saturated carbocycles. The van der Waals surface area contributed by atoms with Crippen molar-refractivity contribution in [2.45, 2.75) is 13.8 Å². The van der Waals surface area contributed by atoms with Gasteiger partial charge in [0.05, 0.1) is 18.5 Å². The Morgan fingerprint density at radius 1 is 1.07 bits per heavy atom. The number of hydrogen-bond donors (Lipinski definition) is 1. The zero-order chi connectivity index (χ0) is 19.0. The summed E-state index contributed by atoms with van der Waals surface area (Å²) in [4.78, 5) is 4.74. The predicted molar refractivity (Wildman–Crippen MR) is 108 cm³/mol. The minimum absolute atomic E-state index is 0.460. The normalized spacial score (nSPS) is 10.9. The van der Waals surface area contributed by atoms with Crippen LogP contribution in [-0.2, 0) is 0 Å². The van der Waals surface area contributed by atoms with E-state index in [1.165, 1.54) is 22.5 Å². The van der Waals surface area contributed by atoms with Crippen LogP contribution in [0.3, 0.4) is 0 Å². The van der Waals surface area contributed by atoms with Crippen molar-refractivity contribution in [2.24, 2.45) is 0 Å². The average molecular weight is 377 g/mol. The van der Waals surface area contributed by atoms with Crippen LogP contribution in [0.1, 0.15) is 11.1 Å². The Hall–Kier alpha value is -3.19. The number of nitrogens with zero attached hydrogens (tertiary/aromatic N) is 4. The predicted octanol–water partition coefficient (Wildman–Crippen LogP) is 4.27. The molecule has 0 unspecified atom stereocenters. The molecule has 2 heterocycles. The van der Waals surface area contributed by atoms with Crippen LogP contribution >= 0.6 is 11.3 Å². The summed E-state index contributed by atoms with van der Waals surface area (Å²) in [5, 5.41) is 11.2. The smallest absolute Gasteiger partial charge is 0.165 e. The Balaban J connectivity index is 1.69. The fourth-order valence-corrected chi connectivity index (χ4v) is 3.77. The van der Waals surface area contributed by atoms with Crippen molar-refractivity contribution in [1.29, 1.82) is 0 Å². The van der Waals surface area contributed by atoms with Gasteiger partial charge in [-0.05, 0) is 43.7 Å². The average Bonchev–Trinajstić information content (AvgIpc) is 3.28. The number of benzene rings is 2. The van der Waals surface area contributed by atoms with Gasteiger partial charge in [0.2, 0.25) is 0 Å². The summed E-state index contributed by atoms with van der Waals surface area (Å²) in [6.45, 7) is 4.18. The Morgan fingerprint density at radius 2 is 1.85 bits per heavy atom. The van der Waals surface area contributed by atoms with Crippen LogP contribution in [-0.4, -0.2) is 27.1 Å². The third kappa shape index (κ3) is 3.17. The summed E-state index contributed by atoms with van der Waals surface area (Å²) in [7, 11) is 1.63. The Labute approximate surface area is 161 Å². The SMILES string of the molecule is COc1ccc(-n2nnc(-c3nc(-c4ccc(C)cc4C)cs3)c2N)cc1. The number of hydrogen-bond acceptors (Lipinski definition) is 6. The first-order valence-corrected chi connectivity index (χ1v) is 9.34. The standard InChI is InChI=1S/C20H19N5OS/c1-12-4-9-16(13(2)10-12)17-11-27-20(22-17)18-19(21)25(24-23-18)14-5-7-15(26-3)8-6-14/h4-11H,21H2,1-3H3. The first-order chi connectivity index (χ1) is 13.1. The number of aryl methyl sites for hydroxylation is 2. The summed E-state index contributed by atoms with van der Waals surface area (Å²) >= 11 is 1.51. The van der Waals surface area contributed by atoms with Gasteiger partial charge in [-0.3, -0.25) is 0 Å². The van der Waals surface area contributed by atoms with Gasteiger partial charge in [-0.15, -0.1) is 16.4 Å². The Kier molecular flexibility index (Phi) is 4.37. The molecule has 2 N–H and O–H groups in total. The molecule has 0 fully saturated rings. The molecule has 6 nitrogen and oxygen atoms in total. The highest BCUT2D eigenvalue weighted by molar-refractivity contribution is 7.13. The van der Waals surface area contributed by atoms with E-state index < -0.39 is 0 Å². The van der Waals surface area contributed by atoms with Crippen molar-refractivity contribution in [2.75, 3.05) is 12.8 Å². The van der Waals surface area contributed by atoms with Gasteiger partial charge in [0, 0.05) is 10.9 Å². The van der Waals surface area contributed by atoms with Gasteiger partial charge in [-0.25, -0.2) is 4.98 Å². The first kappa shape index (κ1) is 17.2. The Morgan fingerprint density at radius 3 is 2.56 bits per heavy atom. The van der Waals surface area contributed by atoms with Crippen LogP contribution in [0.2, 0.25) is 0 Å². The van der Waals surface area contributed by atoms with E-state index >= 15 is 0 Å². The quantitative estimate of drug-likeness (QED) is 0.575. The number of rotatable bonds is 4. The van der Waals surface area contributed by atoms with E-state index in [1.54, 1.807) is 11.8 Å². The number of methoxy groups -OCH3 is 1. The maximum Gasteiger partial charge on any atom is 0.165 e. The van der Waals surface area contributed by atoms with Crippen molar-refractivity contribution in [3.63, 3.8) is 0 Å². The van der Waals surface area contributed by atoms with Crippen molar-refractivity contribution >= 4 is 17.2 Å². The molecule has 136 valence electrons. The number of nitrogens with two attached hydrogens (primary N) is 1. The molecule has 0 aliphatic heterocycles. The fraction of sp³-hybridized carbons (Fsp3) is 0.150. The topological polar surface area (TPSA) is 78.8 Å². The molecule has 0 aliphatic carbocycles. The minimum Gasteiger partial charge on any atom is -0.497 e. The van der Waals surface area contributed by atoms with Crippen LogP contribution in [0.15, 0.2) is 47.8 Å². The number of aromatic nitrogens is 4. The zero-order valence-corrected chi connectivity index (χ0v) is 16.1. The summed E-state index contributed by atoms with van der Waals surface area (Å²) in [6.07, 6.45) is 0. The Bertz CT molecular complexity index is 1100. The summed E-state index contributed by atoms with van der Waals surface area (Å²) in [5.74, 6) is 1.23. The van der Waals surface area contributed by atoms with E-state index in [-0.39, 0.29) is 0 Å². The summed E-state index contributed by atoms with van der Waals surface area (Å²) in [5.41, 5.74) is 12.2. The monoisotopic (exact) mass is 377 g/mol. The van der Waals surface area contributed by atoms with Crippen LogP contribution < -0.4 is 10.5 Å². The van der Waals surface area contributed by atoms with Crippen LogP contribution in [0, 0.1) is 13.8 Å². The molecule has 0 aliphatic rings. The van der Waals surface area contributed by atoms with Gasteiger partial charge in [0.25, 0.3) is 0 Å². The zero-order valence-electron chi connectivity index (χ0n) is 15.3. The second-order valence-corrected chi connectivity index (χ2v) is 7.15. The molecule has 0 saturated heterocycles. The van der Waals surface area contributed by atoms with Gasteiger partial charge < -0.3 is 10.5 Å². The third-order valence-corrected chi connectivity index (χ3v) is 5.24. The number of ether oxygens (including phenoxy) is 1. The number of nitrogen functional groups attached to an aromatic ring is 1. The van der Waals surface area contributed by atoms with Crippen molar-refractivity contribution < 1.29 is 4.74 Å². The maximum absolute atomic E-state index is 6.31. The van der Waals surface area contributed by atoms with E-state index in [2.05, 4.69) is 42.4 Å². The van der Waals surface area contributed by atoms with E-state index in [9.17, 15) is 0 Å². The second-order valence-electron chi connectivity index (χ2n) is 6.29. The van der Waals surface area contributed by atoms with E-state index in [1.807, 2.05) is 29.6 Å².